The highest BCUT2D eigenvalue weighted by Gasteiger charge is 2.14. The molecule has 0 saturated carbocycles. The Kier molecular flexibility index (Phi) is 9.11. The highest BCUT2D eigenvalue weighted by atomic mass is 16.5. The average Bonchev–Trinajstić information content (AvgIpc) is 3.24. The Morgan fingerprint density at radius 1 is 1.23 bits per heavy atom. The summed E-state index contributed by atoms with van der Waals surface area (Å²) in [4.78, 5) is 4.73. The molecule has 3 rings (SSSR count). The molecule has 0 radical (unpaired) electrons. The van der Waals surface area contributed by atoms with Gasteiger partial charge in [0.1, 0.15) is 12.2 Å². The first kappa shape index (κ1) is 22.2. The van der Waals surface area contributed by atoms with Crippen molar-refractivity contribution in [3.8, 4) is 0 Å². The molecular formula is C22H34N6O2. The lowest BCUT2D eigenvalue weighted by Gasteiger charge is -2.22. The summed E-state index contributed by atoms with van der Waals surface area (Å²) >= 11 is 0. The van der Waals surface area contributed by atoms with Gasteiger partial charge in [0.05, 0.1) is 19.3 Å². The van der Waals surface area contributed by atoms with Crippen LogP contribution < -0.4 is 10.6 Å². The molecule has 0 amide bonds. The highest BCUT2D eigenvalue weighted by molar-refractivity contribution is 5.79. The monoisotopic (exact) mass is 414 g/mol. The maximum Gasteiger partial charge on any atom is 0.191 e. The zero-order valence-corrected chi connectivity index (χ0v) is 18.1. The third-order valence-electron chi connectivity index (χ3n) is 5.07. The van der Waals surface area contributed by atoms with Crippen LogP contribution in [0.1, 0.15) is 43.6 Å². The molecule has 2 heterocycles. The minimum absolute atomic E-state index is 0.309. The average molecular weight is 415 g/mol. The summed E-state index contributed by atoms with van der Waals surface area (Å²) in [6.45, 7) is 9.40. The fraction of sp³-hybridized carbons (Fsp3) is 0.591. The molecule has 1 aromatic heterocycles. The topological polar surface area (TPSA) is 85.6 Å². The SMILES string of the molecule is CCNC(=NCc1cccc(COC2CCOCC2)c1)NCCn1cnnc1CC. The summed E-state index contributed by atoms with van der Waals surface area (Å²) in [5.41, 5.74) is 2.36. The van der Waals surface area contributed by atoms with E-state index in [4.69, 9.17) is 14.5 Å². The van der Waals surface area contributed by atoms with Crippen molar-refractivity contribution in [2.75, 3.05) is 26.3 Å². The lowest BCUT2D eigenvalue weighted by molar-refractivity contribution is -0.0390. The largest absolute Gasteiger partial charge is 0.381 e. The van der Waals surface area contributed by atoms with E-state index in [1.54, 1.807) is 6.33 Å². The van der Waals surface area contributed by atoms with Gasteiger partial charge in [-0.1, -0.05) is 31.2 Å². The van der Waals surface area contributed by atoms with Crippen LogP contribution in [0.5, 0.6) is 0 Å². The number of benzene rings is 1. The maximum atomic E-state index is 6.04. The van der Waals surface area contributed by atoms with Crippen molar-refractivity contribution in [2.24, 2.45) is 4.99 Å². The number of nitrogens with one attached hydrogen (secondary N) is 2. The summed E-state index contributed by atoms with van der Waals surface area (Å²) < 4.78 is 13.5. The van der Waals surface area contributed by atoms with Gasteiger partial charge in [-0.25, -0.2) is 4.99 Å². The molecule has 2 N–H and O–H groups in total. The normalized spacial score (nSPS) is 15.3. The minimum Gasteiger partial charge on any atom is -0.381 e. The standard InChI is InChI=1S/C22H34N6O2/c1-3-21-27-26-17-28(21)11-10-24-22(23-4-2)25-15-18-6-5-7-19(14-18)16-30-20-8-12-29-13-9-20/h5-7,14,17,20H,3-4,8-13,15-16H2,1-2H3,(H2,23,24,25). The van der Waals surface area contributed by atoms with Gasteiger partial charge in [0.15, 0.2) is 5.96 Å². The zero-order valence-electron chi connectivity index (χ0n) is 18.1. The summed E-state index contributed by atoms with van der Waals surface area (Å²) in [5, 5.41) is 14.8. The number of hydrogen-bond acceptors (Lipinski definition) is 5. The molecule has 1 aliphatic rings. The van der Waals surface area contributed by atoms with Gasteiger partial charge in [0.2, 0.25) is 0 Å². The van der Waals surface area contributed by atoms with Crippen LogP contribution in [0, 0.1) is 0 Å². The smallest absolute Gasteiger partial charge is 0.191 e. The van der Waals surface area contributed by atoms with Gasteiger partial charge in [0, 0.05) is 39.3 Å². The molecule has 2 aromatic rings. The van der Waals surface area contributed by atoms with Crippen molar-refractivity contribution < 1.29 is 9.47 Å². The molecule has 1 aliphatic heterocycles. The second kappa shape index (κ2) is 12.3. The van der Waals surface area contributed by atoms with Crippen LogP contribution in [0.4, 0.5) is 0 Å². The molecule has 0 bridgehead atoms. The molecule has 1 aromatic carbocycles. The van der Waals surface area contributed by atoms with E-state index < -0.39 is 0 Å². The molecule has 164 valence electrons. The van der Waals surface area contributed by atoms with Crippen LogP contribution in [-0.2, 0) is 35.6 Å². The quantitative estimate of drug-likeness (QED) is 0.458. The minimum atomic E-state index is 0.309. The predicted molar refractivity (Wildman–Crippen MR) is 117 cm³/mol. The van der Waals surface area contributed by atoms with E-state index in [-0.39, 0.29) is 0 Å². The van der Waals surface area contributed by atoms with Crippen LogP contribution in [-0.4, -0.2) is 53.1 Å². The number of ether oxygens (including phenoxy) is 2. The molecule has 0 aliphatic carbocycles. The lowest BCUT2D eigenvalue weighted by Crippen LogP contribution is -2.38. The third kappa shape index (κ3) is 7.11. The first-order valence-corrected chi connectivity index (χ1v) is 10.9. The lowest BCUT2D eigenvalue weighted by atomic mass is 10.1. The number of aromatic nitrogens is 3. The Hall–Kier alpha value is -2.45. The molecule has 0 atom stereocenters. The van der Waals surface area contributed by atoms with Crippen molar-refractivity contribution in [1.82, 2.24) is 25.4 Å². The van der Waals surface area contributed by atoms with Gasteiger partial charge in [0.25, 0.3) is 0 Å². The van der Waals surface area contributed by atoms with Gasteiger partial charge >= 0.3 is 0 Å². The van der Waals surface area contributed by atoms with Gasteiger partial charge in [-0.15, -0.1) is 10.2 Å². The Balaban J connectivity index is 1.49. The molecule has 1 saturated heterocycles. The number of rotatable bonds is 10. The highest BCUT2D eigenvalue weighted by Crippen LogP contribution is 2.14. The van der Waals surface area contributed by atoms with E-state index in [2.05, 4.69) is 63.5 Å². The van der Waals surface area contributed by atoms with Crippen LogP contribution in [0.25, 0.3) is 0 Å². The fourth-order valence-electron chi connectivity index (χ4n) is 3.42. The van der Waals surface area contributed by atoms with Crippen molar-refractivity contribution in [2.45, 2.75) is 58.9 Å². The van der Waals surface area contributed by atoms with Crippen LogP contribution >= 0.6 is 0 Å². The second-order valence-electron chi connectivity index (χ2n) is 7.36. The molecule has 8 heteroatoms. The second-order valence-corrected chi connectivity index (χ2v) is 7.36. The number of aryl methyl sites for hydroxylation is 1. The Bertz CT molecular complexity index is 785. The Morgan fingerprint density at radius 3 is 2.87 bits per heavy atom. The van der Waals surface area contributed by atoms with E-state index in [0.717, 1.165) is 63.9 Å². The number of hydrogen-bond donors (Lipinski definition) is 2. The summed E-state index contributed by atoms with van der Waals surface area (Å²) in [7, 11) is 0. The summed E-state index contributed by atoms with van der Waals surface area (Å²) in [6, 6.07) is 8.47. The van der Waals surface area contributed by atoms with Crippen LogP contribution in [0.15, 0.2) is 35.6 Å². The maximum absolute atomic E-state index is 6.04. The molecule has 1 fully saturated rings. The van der Waals surface area contributed by atoms with Gasteiger partial charge in [-0.2, -0.15) is 0 Å². The molecule has 0 unspecified atom stereocenters. The summed E-state index contributed by atoms with van der Waals surface area (Å²) in [6.07, 6.45) is 4.93. The molecule has 0 spiro atoms. The van der Waals surface area contributed by atoms with E-state index in [9.17, 15) is 0 Å². The Labute approximate surface area is 179 Å². The van der Waals surface area contributed by atoms with E-state index in [0.29, 0.717) is 19.3 Å². The first-order valence-electron chi connectivity index (χ1n) is 10.9. The zero-order chi connectivity index (χ0) is 21.0. The van der Waals surface area contributed by atoms with Gasteiger partial charge < -0.3 is 24.7 Å². The van der Waals surface area contributed by atoms with Crippen molar-refractivity contribution in [1.29, 1.82) is 0 Å². The van der Waals surface area contributed by atoms with E-state index >= 15 is 0 Å². The van der Waals surface area contributed by atoms with Gasteiger partial charge in [-0.3, -0.25) is 0 Å². The van der Waals surface area contributed by atoms with Crippen molar-refractivity contribution in [3.63, 3.8) is 0 Å². The van der Waals surface area contributed by atoms with Crippen LogP contribution in [0.3, 0.4) is 0 Å². The number of guanidine groups is 1. The fourth-order valence-corrected chi connectivity index (χ4v) is 3.42. The predicted octanol–water partition coefficient (Wildman–Crippen LogP) is 2.29. The van der Waals surface area contributed by atoms with Crippen molar-refractivity contribution >= 4 is 5.96 Å². The Morgan fingerprint density at radius 2 is 2.07 bits per heavy atom. The van der Waals surface area contributed by atoms with Crippen molar-refractivity contribution in [3.05, 3.63) is 47.5 Å². The van der Waals surface area contributed by atoms with Crippen LogP contribution in [0.2, 0.25) is 0 Å². The third-order valence-corrected chi connectivity index (χ3v) is 5.07. The first-order chi connectivity index (χ1) is 14.8. The number of aliphatic imine (C=N–C) groups is 1. The van der Waals surface area contributed by atoms with E-state index in [1.165, 1.54) is 11.1 Å². The molecular weight excluding hydrogens is 380 g/mol. The van der Waals surface area contributed by atoms with E-state index in [1.807, 2.05) is 0 Å². The molecule has 8 nitrogen and oxygen atoms in total. The molecule has 30 heavy (non-hydrogen) atoms. The van der Waals surface area contributed by atoms with Gasteiger partial charge in [-0.05, 0) is 30.9 Å². The number of nitrogens with zero attached hydrogens (tertiary/aromatic N) is 4. The summed E-state index contributed by atoms with van der Waals surface area (Å²) in [5.74, 6) is 1.81.